The van der Waals surface area contributed by atoms with Crippen molar-refractivity contribution in [3.05, 3.63) is 179 Å². The fraction of sp³-hybridized carbons (Fsp3) is 0.0222. The van der Waals surface area contributed by atoms with Crippen LogP contribution in [0.2, 0.25) is 0 Å². The molecular weight excluding hydrogens is 587 g/mol. The molecule has 0 aromatic heterocycles. The van der Waals surface area contributed by atoms with E-state index in [1.165, 1.54) is 21.5 Å². The van der Waals surface area contributed by atoms with Crippen LogP contribution in [0.15, 0.2) is 157 Å². The van der Waals surface area contributed by atoms with Gasteiger partial charge in [-0.1, -0.05) is 103 Å². The summed E-state index contributed by atoms with van der Waals surface area (Å²) in [7, 11) is 0. The Morgan fingerprint density at radius 3 is 1.46 bits per heavy atom. The molecule has 226 valence electrons. The summed E-state index contributed by atoms with van der Waals surface area (Å²) in [6, 6.07) is 52.4. The zero-order valence-corrected chi connectivity index (χ0v) is 26.3. The van der Waals surface area contributed by atoms with E-state index in [0.717, 1.165) is 49.7 Å². The van der Waals surface area contributed by atoms with E-state index in [0.29, 0.717) is 11.1 Å². The minimum Gasteiger partial charge on any atom is -0.310 e. The summed E-state index contributed by atoms with van der Waals surface area (Å²) in [5.41, 5.74) is 6.31. The van der Waals surface area contributed by atoms with Gasteiger partial charge in [0.25, 0.3) is 0 Å². The van der Waals surface area contributed by atoms with Crippen molar-refractivity contribution in [1.29, 1.82) is 0 Å². The van der Waals surface area contributed by atoms with Crippen LogP contribution in [0.25, 0.3) is 49.2 Å². The summed E-state index contributed by atoms with van der Waals surface area (Å²) < 4.78 is 0. The van der Waals surface area contributed by atoms with Crippen molar-refractivity contribution in [1.82, 2.24) is 0 Å². The van der Waals surface area contributed by atoms with Gasteiger partial charge < -0.3 is 4.90 Å². The normalized spacial score (nSPS) is 13.6. The molecular formula is C45H29NO2. The van der Waals surface area contributed by atoms with Crippen LogP contribution in [0.3, 0.4) is 0 Å². The lowest BCUT2D eigenvalue weighted by Crippen LogP contribution is -2.10. The Labute approximate surface area is 278 Å². The number of hydrogen-bond acceptors (Lipinski definition) is 3. The molecule has 0 N–H and O–H groups in total. The molecule has 8 aromatic rings. The first-order valence-corrected chi connectivity index (χ1v) is 16.2. The highest BCUT2D eigenvalue weighted by atomic mass is 16.2. The van der Waals surface area contributed by atoms with Gasteiger partial charge in [0.2, 0.25) is 0 Å². The number of carbonyl (C=O) groups excluding carboxylic acids is 2. The van der Waals surface area contributed by atoms with E-state index in [2.05, 4.69) is 114 Å². The maximum atomic E-state index is 13.5. The van der Waals surface area contributed by atoms with E-state index >= 15 is 0 Å². The van der Waals surface area contributed by atoms with Crippen LogP contribution in [0.5, 0.6) is 0 Å². The number of carbonyl (C=O) groups is 2. The van der Waals surface area contributed by atoms with Crippen LogP contribution in [0.4, 0.5) is 17.1 Å². The standard InChI is InChI=1S/C45H29NO2/c1-28-10-12-36-26-41-42(27-37(36)20-28)45(48)43(44(41)47)22-29-11-13-35-25-40(19-16-34(35)21-29)46(38-17-14-30-6-2-4-8-32(30)23-38)39-18-15-31-7-3-5-9-33(31)24-39/h2-27H,1H3. The number of anilines is 3. The Balaban J connectivity index is 1.11. The predicted octanol–water partition coefficient (Wildman–Crippen LogP) is 11.5. The Morgan fingerprint density at radius 2 is 0.854 bits per heavy atom. The van der Waals surface area contributed by atoms with E-state index in [4.69, 9.17) is 0 Å². The molecule has 0 fully saturated rings. The zero-order valence-electron chi connectivity index (χ0n) is 26.3. The van der Waals surface area contributed by atoms with Crippen molar-refractivity contribution in [2.45, 2.75) is 6.92 Å². The van der Waals surface area contributed by atoms with E-state index < -0.39 is 0 Å². The zero-order chi connectivity index (χ0) is 32.4. The van der Waals surface area contributed by atoms with Gasteiger partial charge in [-0.05, 0) is 116 Å². The molecule has 48 heavy (non-hydrogen) atoms. The largest absolute Gasteiger partial charge is 0.310 e. The summed E-state index contributed by atoms with van der Waals surface area (Å²) in [5, 5.41) is 8.79. The highest BCUT2D eigenvalue weighted by Gasteiger charge is 2.33. The molecule has 8 aromatic carbocycles. The lowest BCUT2D eigenvalue weighted by Gasteiger charge is -2.26. The minimum absolute atomic E-state index is 0.213. The monoisotopic (exact) mass is 615 g/mol. The highest BCUT2D eigenvalue weighted by Crippen LogP contribution is 2.39. The van der Waals surface area contributed by atoms with Gasteiger partial charge in [0.15, 0.2) is 11.6 Å². The predicted molar refractivity (Wildman–Crippen MR) is 199 cm³/mol. The molecule has 0 bridgehead atoms. The van der Waals surface area contributed by atoms with Gasteiger partial charge in [0, 0.05) is 28.2 Å². The molecule has 1 aliphatic carbocycles. The van der Waals surface area contributed by atoms with Crippen LogP contribution >= 0.6 is 0 Å². The van der Waals surface area contributed by atoms with Gasteiger partial charge in [-0.3, -0.25) is 9.59 Å². The molecule has 0 saturated carbocycles. The number of rotatable bonds is 4. The average molecular weight is 616 g/mol. The molecule has 9 rings (SSSR count). The van der Waals surface area contributed by atoms with Crippen molar-refractivity contribution in [3.63, 3.8) is 0 Å². The second-order valence-corrected chi connectivity index (χ2v) is 12.7. The van der Waals surface area contributed by atoms with E-state index in [-0.39, 0.29) is 17.1 Å². The van der Waals surface area contributed by atoms with Gasteiger partial charge >= 0.3 is 0 Å². The third kappa shape index (κ3) is 4.68. The molecule has 0 spiro atoms. The van der Waals surface area contributed by atoms with Crippen LogP contribution in [-0.2, 0) is 0 Å². The van der Waals surface area contributed by atoms with Gasteiger partial charge in [0.1, 0.15) is 0 Å². The number of Topliss-reactive ketones (excluding diaryl/α,β-unsaturated/α-hetero) is 2. The van der Waals surface area contributed by atoms with E-state index in [1.807, 2.05) is 49.4 Å². The number of aryl methyl sites for hydroxylation is 1. The molecule has 0 radical (unpaired) electrons. The van der Waals surface area contributed by atoms with Crippen molar-refractivity contribution >= 4 is 77.8 Å². The van der Waals surface area contributed by atoms with Gasteiger partial charge in [-0.25, -0.2) is 0 Å². The molecule has 0 aliphatic heterocycles. The number of ketones is 2. The minimum atomic E-state index is -0.214. The Morgan fingerprint density at radius 1 is 0.417 bits per heavy atom. The second kappa shape index (κ2) is 10.9. The first-order chi connectivity index (χ1) is 23.5. The topological polar surface area (TPSA) is 37.4 Å². The van der Waals surface area contributed by atoms with Crippen LogP contribution in [0, 0.1) is 6.92 Å². The Bertz CT molecular complexity index is 2600. The number of allylic oxidation sites excluding steroid dienone is 1. The lowest BCUT2D eigenvalue weighted by molar-refractivity contribution is 0.0990. The van der Waals surface area contributed by atoms with E-state index in [9.17, 15) is 9.59 Å². The third-order valence-electron chi connectivity index (χ3n) is 9.51. The number of benzene rings is 8. The number of fused-ring (bicyclic) bond motifs is 5. The Hall–Kier alpha value is -6.32. The summed E-state index contributed by atoms with van der Waals surface area (Å²) in [5.74, 6) is -0.426. The maximum absolute atomic E-state index is 13.5. The summed E-state index contributed by atoms with van der Waals surface area (Å²) in [4.78, 5) is 29.2. The van der Waals surface area contributed by atoms with Crippen molar-refractivity contribution in [2.24, 2.45) is 0 Å². The lowest BCUT2D eigenvalue weighted by atomic mass is 10.0. The second-order valence-electron chi connectivity index (χ2n) is 12.7. The molecule has 3 heteroatoms. The fourth-order valence-corrected chi connectivity index (χ4v) is 7.04. The van der Waals surface area contributed by atoms with Crippen molar-refractivity contribution < 1.29 is 9.59 Å². The quantitative estimate of drug-likeness (QED) is 0.146. The van der Waals surface area contributed by atoms with Gasteiger partial charge in [-0.2, -0.15) is 0 Å². The SMILES string of the molecule is Cc1ccc2cc3c(cc2c1)C(=O)C(=Cc1ccc2cc(N(c4ccc5ccccc5c4)c4ccc5ccccc5c4)ccc2c1)C3=O. The fourth-order valence-electron chi connectivity index (χ4n) is 7.04. The molecule has 0 amide bonds. The summed E-state index contributed by atoms with van der Waals surface area (Å²) >= 11 is 0. The molecule has 0 heterocycles. The van der Waals surface area contributed by atoms with Crippen LogP contribution in [0.1, 0.15) is 31.8 Å². The van der Waals surface area contributed by atoms with Gasteiger partial charge in [0.05, 0.1) is 5.57 Å². The first-order valence-electron chi connectivity index (χ1n) is 16.2. The third-order valence-corrected chi connectivity index (χ3v) is 9.51. The molecule has 3 nitrogen and oxygen atoms in total. The molecule has 0 saturated heterocycles. The Kier molecular flexibility index (Phi) is 6.34. The maximum Gasteiger partial charge on any atom is 0.197 e. The smallest absolute Gasteiger partial charge is 0.197 e. The highest BCUT2D eigenvalue weighted by molar-refractivity contribution is 6.42. The molecule has 0 unspecified atom stereocenters. The average Bonchev–Trinajstić information content (AvgIpc) is 3.34. The molecule has 0 atom stereocenters. The first kappa shape index (κ1) is 27.9. The number of nitrogens with zero attached hydrogens (tertiary/aromatic N) is 1. The summed E-state index contributed by atoms with van der Waals surface area (Å²) in [6.45, 7) is 2.03. The van der Waals surface area contributed by atoms with Crippen molar-refractivity contribution in [3.8, 4) is 0 Å². The molecule has 1 aliphatic rings. The van der Waals surface area contributed by atoms with Crippen LogP contribution < -0.4 is 4.90 Å². The van der Waals surface area contributed by atoms with Crippen molar-refractivity contribution in [2.75, 3.05) is 4.90 Å². The summed E-state index contributed by atoms with van der Waals surface area (Å²) in [6.07, 6.45) is 1.74. The van der Waals surface area contributed by atoms with Gasteiger partial charge in [-0.15, -0.1) is 0 Å². The number of hydrogen-bond donors (Lipinski definition) is 0. The van der Waals surface area contributed by atoms with E-state index in [1.54, 1.807) is 6.08 Å². The van der Waals surface area contributed by atoms with Crippen LogP contribution in [-0.4, -0.2) is 11.6 Å².